The van der Waals surface area contributed by atoms with Gasteiger partial charge >= 0.3 is 5.97 Å². The summed E-state index contributed by atoms with van der Waals surface area (Å²) in [5, 5.41) is 18.2. The molecule has 3 fully saturated rings. The standard InChI is InChI=1S/C31H45N3O5/c1-17(2)25(28(37)39-29(4,5)6)32-21-11-12-31(33-18(3)35)23-15-20-9-10-22(36)26-24(20)30(31,27(21)38-26)13-14-34(23)16-19-7-8-19/h9-10,17,19,21,23,25,27,32,36H,7-8,11-16H2,1-6H3,(H,33,35)/t21-,23-,25-,27+,30+,31-/m1/s1. The van der Waals surface area contributed by atoms with Gasteiger partial charge in [-0.3, -0.25) is 19.8 Å². The lowest BCUT2D eigenvalue weighted by molar-refractivity contribution is -0.160. The smallest absolute Gasteiger partial charge is 0.323 e. The van der Waals surface area contributed by atoms with Crippen LogP contribution in [0.5, 0.6) is 11.5 Å². The summed E-state index contributed by atoms with van der Waals surface area (Å²) in [7, 11) is 0. The minimum atomic E-state index is -0.580. The van der Waals surface area contributed by atoms with Crippen LogP contribution in [0.2, 0.25) is 0 Å². The second kappa shape index (κ2) is 9.10. The molecule has 1 amide bonds. The Morgan fingerprint density at radius 3 is 2.59 bits per heavy atom. The number of esters is 1. The topological polar surface area (TPSA) is 100 Å². The first-order chi connectivity index (χ1) is 18.4. The fourth-order valence-corrected chi connectivity index (χ4v) is 8.40. The van der Waals surface area contributed by atoms with Crippen LogP contribution in [-0.2, 0) is 26.2 Å². The second-order valence-corrected chi connectivity index (χ2v) is 14.1. The fraction of sp³-hybridized carbons (Fsp3) is 0.742. The summed E-state index contributed by atoms with van der Waals surface area (Å²) in [6.07, 6.45) is 5.44. The summed E-state index contributed by atoms with van der Waals surface area (Å²) in [6.45, 7) is 13.4. The quantitative estimate of drug-likeness (QED) is 0.457. The highest BCUT2D eigenvalue weighted by atomic mass is 16.6. The van der Waals surface area contributed by atoms with Crippen molar-refractivity contribution in [1.29, 1.82) is 0 Å². The Morgan fingerprint density at radius 1 is 1.21 bits per heavy atom. The van der Waals surface area contributed by atoms with Gasteiger partial charge in [-0.25, -0.2) is 0 Å². The summed E-state index contributed by atoms with van der Waals surface area (Å²) >= 11 is 0. The number of phenols is 1. The molecule has 0 aromatic heterocycles. The normalized spacial score (nSPS) is 33.8. The highest BCUT2D eigenvalue weighted by Gasteiger charge is 2.73. The average Bonchev–Trinajstić information content (AvgIpc) is 3.57. The molecule has 214 valence electrons. The van der Waals surface area contributed by atoms with E-state index in [9.17, 15) is 14.7 Å². The van der Waals surface area contributed by atoms with E-state index in [4.69, 9.17) is 9.47 Å². The first-order valence-corrected chi connectivity index (χ1v) is 14.9. The molecule has 3 N–H and O–H groups in total. The lowest BCUT2D eigenvalue weighted by Gasteiger charge is -2.66. The third-order valence-corrected chi connectivity index (χ3v) is 9.94. The highest BCUT2D eigenvalue weighted by molar-refractivity contribution is 5.77. The number of hydrogen-bond acceptors (Lipinski definition) is 7. The minimum absolute atomic E-state index is 0.0200. The molecular weight excluding hydrogens is 494 g/mol. The molecule has 8 nitrogen and oxygen atoms in total. The molecule has 2 heterocycles. The summed E-state index contributed by atoms with van der Waals surface area (Å²) in [5.74, 6) is 1.20. The van der Waals surface area contributed by atoms with Crippen LogP contribution in [-0.4, -0.2) is 70.3 Å². The Kier molecular flexibility index (Phi) is 6.27. The number of nitrogens with one attached hydrogen (secondary N) is 2. The molecule has 2 saturated carbocycles. The van der Waals surface area contributed by atoms with E-state index in [0.717, 1.165) is 50.3 Å². The number of ether oxygens (including phenoxy) is 2. The van der Waals surface area contributed by atoms with E-state index >= 15 is 0 Å². The Labute approximate surface area is 232 Å². The van der Waals surface area contributed by atoms with Crippen LogP contribution in [0.4, 0.5) is 0 Å². The lowest BCUT2D eigenvalue weighted by Crippen LogP contribution is -2.83. The molecule has 1 aromatic carbocycles. The number of piperidine rings is 1. The van der Waals surface area contributed by atoms with Gasteiger partial charge in [0.05, 0.1) is 11.0 Å². The SMILES string of the molecule is CC(=O)N[C@@]12CC[C@@H](N[C@@H](C(=O)OC(C)(C)C)C(C)C)[C@@H]3Oc4c(O)ccc5c4[C@@]31CCN(CC1CC1)[C@@H]2C5. The van der Waals surface area contributed by atoms with E-state index in [2.05, 4.69) is 21.6 Å². The van der Waals surface area contributed by atoms with Crippen molar-refractivity contribution in [3.63, 3.8) is 0 Å². The average molecular weight is 540 g/mol. The molecule has 2 bridgehead atoms. The van der Waals surface area contributed by atoms with Gasteiger partial charge in [-0.15, -0.1) is 0 Å². The van der Waals surface area contributed by atoms with Gasteiger partial charge in [0.1, 0.15) is 17.7 Å². The van der Waals surface area contributed by atoms with Crippen molar-refractivity contribution in [2.24, 2.45) is 11.8 Å². The lowest BCUT2D eigenvalue weighted by atomic mass is 9.46. The van der Waals surface area contributed by atoms with Gasteiger partial charge in [0.2, 0.25) is 5.91 Å². The van der Waals surface area contributed by atoms with E-state index in [-0.39, 0.29) is 41.7 Å². The molecule has 0 unspecified atom stereocenters. The molecular formula is C31H45N3O5. The molecule has 1 spiro atoms. The second-order valence-electron chi connectivity index (χ2n) is 14.1. The number of aromatic hydroxyl groups is 1. The van der Waals surface area contributed by atoms with E-state index in [0.29, 0.717) is 5.75 Å². The van der Waals surface area contributed by atoms with Gasteiger partial charge in [0.15, 0.2) is 11.5 Å². The van der Waals surface area contributed by atoms with E-state index < -0.39 is 22.6 Å². The van der Waals surface area contributed by atoms with Crippen molar-refractivity contribution in [3.8, 4) is 11.5 Å². The number of phenolic OH excluding ortho intramolecular Hbond substituents is 1. The molecule has 6 rings (SSSR count). The van der Waals surface area contributed by atoms with Crippen LogP contribution in [0.15, 0.2) is 12.1 Å². The van der Waals surface area contributed by atoms with Crippen molar-refractivity contribution in [2.45, 2.75) is 121 Å². The summed E-state index contributed by atoms with van der Waals surface area (Å²) in [5.41, 5.74) is 0.721. The molecule has 6 atom stereocenters. The zero-order valence-electron chi connectivity index (χ0n) is 24.3. The molecule has 2 aliphatic heterocycles. The number of amides is 1. The molecule has 3 aliphatic carbocycles. The summed E-state index contributed by atoms with van der Waals surface area (Å²) in [6, 6.07) is 3.35. The molecule has 0 radical (unpaired) electrons. The number of carbonyl (C=O) groups excluding carboxylic acids is 2. The number of benzene rings is 1. The number of carbonyl (C=O) groups is 2. The third kappa shape index (κ3) is 4.16. The Bertz CT molecular complexity index is 1170. The zero-order chi connectivity index (χ0) is 27.9. The van der Waals surface area contributed by atoms with Gasteiger partial charge in [0, 0.05) is 31.1 Å². The molecule has 8 heteroatoms. The predicted octanol–water partition coefficient (Wildman–Crippen LogP) is 3.42. The van der Waals surface area contributed by atoms with Crippen molar-refractivity contribution in [2.75, 3.05) is 13.1 Å². The van der Waals surface area contributed by atoms with Crippen LogP contribution in [0.1, 0.15) is 84.8 Å². The molecule has 1 saturated heterocycles. The number of hydrogen-bond donors (Lipinski definition) is 3. The van der Waals surface area contributed by atoms with E-state index in [1.807, 2.05) is 34.6 Å². The largest absolute Gasteiger partial charge is 0.504 e. The zero-order valence-corrected chi connectivity index (χ0v) is 24.3. The van der Waals surface area contributed by atoms with Crippen molar-refractivity contribution in [1.82, 2.24) is 15.5 Å². The maximum atomic E-state index is 13.3. The summed E-state index contributed by atoms with van der Waals surface area (Å²) in [4.78, 5) is 28.9. The molecule has 5 aliphatic rings. The van der Waals surface area contributed by atoms with Crippen LogP contribution >= 0.6 is 0 Å². The minimum Gasteiger partial charge on any atom is -0.504 e. The first kappa shape index (κ1) is 26.9. The van der Waals surface area contributed by atoms with E-state index in [1.165, 1.54) is 18.4 Å². The maximum Gasteiger partial charge on any atom is 0.323 e. The predicted molar refractivity (Wildman–Crippen MR) is 148 cm³/mol. The van der Waals surface area contributed by atoms with Gasteiger partial charge in [0.25, 0.3) is 0 Å². The maximum absolute atomic E-state index is 13.3. The fourth-order valence-electron chi connectivity index (χ4n) is 8.40. The molecule has 1 aromatic rings. The van der Waals surface area contributed by atoms with Crippen LogP contribution in [0.25, 0.3) is 0 Å². The van der Waals surface area contributed by atoms with Crippen molar-refractivity contribution >= 4 is 11.9 Å². The Morgan fingerprint density at radius 2 is 1.95 bits per heavy atom. The Balaban J connectivity index is 1.43. The van der Waals surface area contributed by atoms with Gasteiger partial charge < -0.3 is 19.9 Å². The van der Waals surface area contributed by atoms with Crippen LogP contribution < -0.4 is 15.4 Å². The third-order valence-electron chi connectivity index (χ3n) is 9.94. The van der Waals surface area contributed by atoms with Crippen molar-refractivity contribution in [3.05, 3.63) is 23.3 Å². The molecule has 39 heavy (non-hydrogen) atoms. The van der Waals surface area contributed by atoms with Crippen molar-refractivity contribution < 1.29 is 24.2 Å². The van der Waals surface area contributed by atoms with Crippen LogP contribution in [0.3, 0.4) is 0 Å². The first-order valence-electron chi connectivity index (χ1n) is 14.9. The van der Waals surface area contributed by atoms with Gasteiger partial charge in [-0.1, -0.05) is 19.9 Å². The Hall–Kier alpha value is -2.32. The number of nitrogens with zero attached hydrogens (tertiary/aromatic N) is 1. The highest BCUT2D eigenvalue weighted by Crippen LogP contribution is 2.65. The van der Waals surface area contributed by atoms with E-state index in [1.54, 1.807) is 13.0 Å². The van der Waals surface area contributed by atoms with Crippen LogP contribution in [0, 0.1) is 11.8 Å². The number of likely N-dealkylation sites (tertiary alicyclic amines) is 1. The van der Waals surface area contributed by atoms with Gasteiger partial charge in [-0.05, 0) is 89.3 Å². The monoisotopic (exact) mass is 539 g/mol. The summed E-state index contributed by atoms with van der Waals surface area (Å²) < 4.78 is 12.6. The number of rotatable bonds is 7. The van der Waals surface area contributed by atoms with Gasteiger partial charge in [-0.2, -0.15) is 0 Å².